The van der Waals surface area contributed by atoms with Gasteiger partial charge in [-0.25, -0.2) is 9.37 Å². The van der Waals surface area contributed by atoms with Crippen LogP contribution in [-0.2, 0) is 0 Å². The third kappa shape index (κ3) is 2.79. The van der Waals surface area contributed by atoms with Crippen LogP contribution in [0.15, 0.2) is 42.6 Å². The first-order chi connectivity index (χ1) is 8.58. The quantitative estimate of drug-likeness (QED) is 0.831. The summed E-state index contributed by atoms with van der Waals surface area (Å²) in [7, 11) is 1.95. The highest BCUT2D eigenvalue weighted by atomic mass is 35.5. The monoisotopic (exact) mass is 264 g/mol. The maximum absolute atomic E-state index is 12.9. The molecule has 0 spiro atoms. The lowest BCUT2D eigenvalue weighted by molar-refractivity contribution is 0.625. The van der Waals surface area contributed by atoms with Gasteiger partial charge in [0.25, 0.3) is 0 Å². The molecule has 0 N–H and O–H groups in total. The van der Waals surface area contributed by atoms with Crippen molar-refractivity contribution in [3.63, 3.8) is 0 Å². The van der Waals surface area contributed by atoms with Gasteiger partial charge in [0.1, 0.15) is 11.6 Å². The van der Waals surface area contributed by atoms with Crippen LogP contribution in [0.3, 0.4) is 0 Å². The van der Waals surface area contributed by atoms with Crippen molar-refractivity contribution < 1.29 is 4.39 Å². The van der Waals surface area contributed by atoms with Gasteiger partial charge in [-0.1, -0.05) is 23.7 Å². The zero-order valence-electron chi connectivity index (χ0n) is 10.3. The first kappa shape index (κ1) is 12.8. The summed E-state index contributed by atoms with van der Waals surface area (Å²) in [5.41, 5.74) is 1.04. The van der Waals surface area contributed by atoms with Gasteiger partial charge < -0.3 is 4.90 Å². The lowest BCUT2D eigenvalue weighted by Crippen LogP contribution is -2.22. The number of benzene rings is 1. The maximum atomic E-state index is 12.9. The Morgan fingerprint density at radius 3 is 2.39 bits per heavy atom. The highest BCUT2D eigenvalue weighted by Gasteiger charge is 2.13. The molecule has 0 radical (unpaired) electrons. The van der Waals surface area contributed by atoms with Crippen LogP contribution in [0.4, 0.5) is 10.2 Å². The molecule has 0 bridgehead atoms. The fraction of sp³-hybridized carbons (Fsp3) is 0.214. The van der Waals surface area contributed by atoms with Gasteiger partial charge in [0, 0.05) is 13.2 Å². The molecule has 0 aliphatic rings. The summed E-state index contributed by atoms with van der Waals surface area (Å²) in [6.07, 6.45) is 1.62. The van der Waals surface area contributed by atoms with Crippen LogP contribution >= 0.6 is 11.6 Å². The average molecular weight is 265 g/mol. The molecule has 4 heteroatoms. The second-order valence-corrected chi connectivity index (χ2v) is 4.61. The van der Waals surface area contributed by atoms with E-state index < -0.39 is 0 Å². The van der Waals surface area contributed by atoms with E-state index in [0.717, 1.165) is 11.4 Å². The topological polar surface area (TPSA) is 16.1 Å². The van der Waals surface area contributed by atoms with Gasteiger partial charge in [0.15, 0.2) is 0 Å². The number of pyridine rings is 1. The highest BCUT2D eigenvalue weighted by molar-refractivity contribution is 6.30. The van der Waals surface area contributed by atoms with Crippen molar-refractivity contribution in [1.29, 1.82) is 0 Å². The molecule has 0 aliphatic heterocycles. The molecule has 2 rings (SSSR count). The van der Waals surface area contributed by atoms with Gasteiger partial charge in [-0.15, -0.1) is 0 Å². The zero-order valence-corrected chi connectivity index (χ0v) is 11.0. The summed E-state index contributed by atoms with van der Waals surface area (Å²) < 4.78 is 12.9. The van der Waals surface area contributed by atoms with Crippen LogP contribution in [0.2, 0.25) is 5.02 Å². The number of halogens is 2. The fourth-order valence-electron chi connectivity index (χ4n) is 1.74. The van der Waals surface area contributed by atoms with Crippen LogP contribution in [0.5, 0.6) is 0 Å². The molecule has 0 fully saturated rings. The minimum absolute atomic E-state index is 0.110. The van der Waals surface area contributed by atoms with Gasteiger partial charge in [-0.05, 0) is 36.8 Å². The van der Waals surface area contributed by atoms with E-state index in [9.17, 15) is 4.39 Å². The Labute approximate surface area is 111 Å². The third-order valence-corrected chi connectivity index (χ3v) is 3.23. The van der Waals surface area contributed by atoms with E-state index in [0.29, 0.717) is 5.02 Å². The molecule has 1 aromatic heterocycles. The molecule has 2 aromatic rings. The Balaban J connectivity index is 2.20. The van der Waals surface area contributed by atoms with Crippen LogP contribution in [0, 0.1) is 5.82 Å². The minimum Gasteiger partial charge on any atom is -0.353 e. The van der Waals surface area contributed by atoms with Crippen LogP contribution in [0.25, 0.3) is 0 Å². The molecule has 1 unspecified atom stereocenters. The Hall–Kier alpha value is -1.61. The second-order valence-electron chi connectivity index (χ2n) is 4.17. The standard InChI is InChI=1S/C14H14ClFN2/c1-10(11-3-6-13(16)7-4-11)18(2)14-8-5-12(15)9-17-14/h3-10H,1-2H3. The molecule has 0 saturated carbocycles. The summed E-state index contributed by atoms with van der Waals surface area (Å²) in [4.78, 5) is 6.28. The molecule has 2 nitrogen and oxygen atoms in total. The van der Waals surface area contributed by atoms with Crippen molar-refractivity contribution in [2.75, 3.05) is 11.9 Å². The molecule has 0 saturated heterocycles. The van der Waals surface area contributed by atoms with Crippen LogP contribution in [-0.4, -0.2) is 12.0 Å². The Morgan fingerprint density at radius 1 is 1.17 bits per heavy atom. The molecule has 1 heterocycles. The van der Waals surface area contributed by atoms with Crippen molar-refractivity contribution in [3.05, 3.63) is 59.0 Å². The Kier molecular flexibility index (Phi) is 3.82. The molecule has 94 valence electrons. The molecule has 0 amide bonds. The van der Waals surface area contributed by atoms with Gasteiger partial charge in [0.05, 0.1) is 11.1 Å². The Morgan fingerprint density at radius 2 is 1.83 bits per heavy atom. The minimum atomic E-state index is -0.224. The van der Waals surface area contributed by atoms with Crippen LogP contribution < -0.4 is 4.90 Å². The summed E-state index contributed by atoms with van der Waals surface area (Å²) in [6.45, 7) is 2.05. The van der Waals surface area contributed by atoms with Crippen LogP contribution in [0.1, 0.15) is 18.5 Å². The van der Waals surface area contributed by atoms with Crippen molar-refractivity contribution in [2.24, 2.45) is 0 Å². The van der Waals surface area contributed by atoms with E-state index in [4.69, 9.17) is 11.6 Å². The molecule has 18 heavy (non-hydrogen) atoms. The molecule has 1 aromatic carbocycles. The number of hydrogen-bond donors (Lipinski definition) is 0. The predicted molar refractivity (Wildman–Crippen MR) is 72.5 cm³/mol. The largest absolute Gasteiger partial charge is 0.353 e. The maximum Gasteiger partial charge on any atom is 0.128 e. The number of hydrogen-bond acceptors (Lipinski definition) is 2. The van der Waals surface area contributed by atoms with Crippen molar-refractivity contribution >= 4 is 17.4 Å². The van der Waals surface area contributed by atoms with E-state index in [1.165, 1.54) is 12.1 Å². The first-order valence-corrected chi connectivity index (χ1v) is 6.05. The molecule has 1 atom stereocenters. The summed E-state index contributed by atoms with van der Waals surface area (Å²) in [5.74, 6) is 0.606. The van der Waals surface area contributed by atoms with Gasteiger partial charge in [-0.3, -0.25) is 0 Å². The molecular formula is C14H14ClFN2. The summed E-state index contributed by atoms with van der Waals surface area (Å²) in [6, 6.07) is 10.3. The number of aromatic nitrogens is 1. The van der Waals surface area contributed by atoms with Gasteiger partial charge in [0.2, 0.25) is 0 Å². The number of nitrogens with zero attached hydrogens (tertiary/aromatic N) is 2. The Bertz CT molecular complexity index is 461. The number of rotatable bonds is 3. The van der Waals surface area contributed by atoms with E-state index in [-0.39, 0.29) is 11.9 Å². The van der Waals surface area contributed by atoms with Crippen molar-refractivity contribution in [3.8, 4) is 0 Å². The summed E-state index contributed by atoms with van der Waals surface area (Å²) >= 11 is 5.81. The first-order valence-electron chi connectivity index (χ1n) is 5.68. The van der Waals surface area contributed by atoms with E-state index >= 15 is 0 Å². The molecule has 0 aliphatic carbocycles. The zero-order chi connectivity index (χ0) is 13.1. The smallest absolute Gasteiger partial charge is 0.128 e. The van der Waals surface area contributed by atoms with Crippen molar-refractivity contribution in [2.45, 2.75) is 13.0 Å². The van der Waals surface area contributed by atoms with E-state index in [1.807, 2.05) is 24.9 Å². The predicted octanol–water partition coefficient (Wildman–Crippen LogP) is 4.07. The third-order valence-electron chi connectivity index (χ3n) is 3.01. The van der Waals surface area contributed by atoms with Crippen molar-refractivity contribution in [1.82, 2.24) is 4.98 Å². The lowest BCUT2D eigenvalue weighted by atomic mass is 10.1. The SMILES string of the molecule is CC(c1ccc(F)cc1)N(C)c1ccc(Cl)cn1. The van der Waals surface area contributed by atoms with E-state index in [1.54, 1.807) is 24.4 Å². The van der Waals surface area contributed by atoms with Gasteiger partial charge >= 0.3 is 0 Å². The normalized spacial score (nSPS) is 12.2. The number of anilines is 1. The second kappa shape index (κ2) is 5.36. The average Bonchev–Trinajstić information content (AvgIpc) is 2.39. The van der Waals surface area contributed by atoms with Gasteiger partial charge in [-0.2, -0.15) is 0 Å². The highest BCUT2D eigenvalue weighted by Crippen LogP contribution is 2.24. The summed E-state index contributed by atoms with van der Waals surface area (Å²) in [5, 5.41) is 0.613. The molecular weight excluding hydrogens is 251 g/mol. The fourth-order valence-corrected chi connectivity index (χ4v) is 1.85. The lowest BCUT2D eigenvalue weighted by Gasteiger charge is -2.26. The van der Waals surface area contributed by atoms with E-state index in [2.05, 4.69) is 4.98 Å².